The van der Waals surface area contributed by atoms with Gasteiger partial charge < -0.3 is 10.7 Å². The summed E-state index contributed by atoms with van der Waals surface area (Å²) >= 11 is 3.47. The zero-order chi connectivity index (χ0) is 12.3. The smallest absolute Gasteiger partial charge is 0.106 e. The summed E-state index contributed by atoms with van der Waals surface area (Å²) in [5.41, 5.74) is 7.79. The van der Waals surface area contributed by atoms with Crippen LogP contribution in [0.5, 0.6) is 0 Å². The molecule has 0 aliphatic heterocycles. The van der Waals surface area contributed by atoms with E-state index in [-0.39, 0.29) is 0 Å². The summed E-state index contributed by atoms with van der Waals surface area (Å²) in [4.78, 5) is 7.72. The van der Waals surface area contributed by atoms with E-state index >= 15 is 0 Å². The number of hydrogen-bond donors (Lipinski definition) is 2. The maximum Gasteiger partial charge on any atom is 0.106 e. The summed E-state index contributed by atoms with van der Waals surface area (Å²) in [6, 6.07) is 8.16. The number of aromatic amines is 1. The van der Waals surface area contributed by atoms with Crippen molar-refractivity contribution >= 4 is 15.9 Å². The van der Waals surface area contributed by atoms with E-state index in [2.05, 4.69) is 45.0 Å². The van der Waals surface area contributed by atoms with E-state index in [0.717, 1.165) is 28.0 Å². The van der Waals surface area contributed by atoms with E-state index in [9.17, 15) is 0 Å². The molecule has 0 bridgehead atoms. The molecule has 4 heteroatoms. The van der Waals surface area contributed by atoms with Crippen molar-refractivity contribution in [1.82, 2.24) is 9.97 Å². The first kappa shape index (κ1) is 12.3. The third-order valence-corrected chi connectivity index (χ3v) is 3.20. The van der Waals surface area contributed by atoms with Gasteiger partial charge in [0.25, 0.3) is 0 Å². The molecule has 3 N–H and O–H groups in total. The molecule has 2 rings (SSSR count). The van der Waals surface area contributed by atoms with Crippen molar-refractivity contribution in [3.8, 4) is 11.3 Å². The molecule has 0 aliphatic rings. The average molecular weight is 294 g/mol. The number of hydrogen-bond acceptors (Lipinski definition) is 2. The first-order chi connectivity index (χ1) is 8.19. The van der Waals surface area contributed by atoms with Gasteiger partial charge in [-0.15, -0.1) is 0 Å². The highest BCUT2D eigenvalue weighted by molar-refractivity contribution is 9.10. The van der Waals surface area contributed by atoms with E-state index in [4.69, 9.17) is 5.73 Å². The van der Waals surface area contributed by atoms with Crippen LogP contribution in [0, 0.1) is 5.92 Å². The topological polar surface area (TPSA) is 54.7 Å². The van der Waals surface area contributed by atoms with E-state index in [0.29, 0.717) is 12.5 Å². The molecule has 0 spiro atoms. The van der Waals surface area contributed by atoms with Crippen LogP contribution in [0.15, 0.2) is 34.9 Å². The maximum atomic E-state index is 5.61. The second kappa shape index (κ2) is 5.47. The molecule has 0 aliphatic carbocycles. The molecule has 1 heterocycles. The van der Waals surface area contributed by atoms with Gasteiger partial charge in [0.05, 0.1) is 11.9 Å². The van der Waals surface area contributed by atoms with Crippen LogP contribution in [0.2, 0.25) is 0 Å². The summed E-state index contributed by atoms with van der Waals surface area (Å²) in [6.07, 6.45) is 2.77. The summed E-state index contributed by atoms with van der Waals surface area (Å²) < 4.78 is 1.07. The molecule has 1 atom stereocenters. The number of benzene rings is 1. The third kappa shape index (κ3) is 3.17. The molecule has 3 nitrogen and oxygen atoms in total. The molecular weight excluding hydrogens is 278 g/mol. The molecule has 17 heavy (non-hydrogen) atoms. The Labute approximate surface area is 110 Å². The largest absolute Gasteiger partial charge is 0.342 e. The average Bonchev–Trinajstić information content (AvgIpc) is 2.77. The number of H-pyrrole nitrogens is 1. The Hall–Kier alpha value is -1.13. The fourth-order valence-electron chi connectivity index (χ4n) is 1.68. The number of rotatable bonds is 4. The minimum absolute atomic E-state index is 0.455. The highest BCUT2D eigenvalue weighted by atomic mass is 79.9. The minimum Gasteiger partial charge on any atom is -0.342 e. The number of nitrogens with zero attached hydrogens (tertiary/aromatic N) is 1. The molecule has 1 aromatic carbocycles. The van der Waals surface area contributed by atoms with Crippen molar-refractivity contribution in [1.29, 1.82) is 0 Å². The van der Waals surface area contributed by atoms with Gasteiger partial charge in [-0.2, -0.15) is 0 Å². The van der Waals surface area contributed by atoms with Crippen LogP contribution >= 0.6 is 15.9 Å². The minimum atomic E-state index is 0.455. The summed E-state index contributed by atoms with van der Waals surface area (Å²) in [5, 5.41) is 0. The fourth-order valence-corrected chi connectivity index (χ4v) is 2.08. The lowest BCUT2D eigenvalue weighted by Gasteiger charge is -2.04. The summed E-state index contributed by atoms with van der Waals surface area (Å²) in [6.45, 7) is 2.81. The lowest BCUT2D eigenvalue weighted by atomic mass is 10.1. The highest BCUT2D eigenvalue weighted by Crippen LogP contribution is 2.21. The molecule has 90 valence electrons. The number of halogens is 1. The number of imidazole rings is 1. The molecule has 2 aromatic rings. The molecule has 0 amide bonds. The van der Waals surface area contributed by atoms with Crippen molar-refractivity contribution < 1.29 is 0 Å². The van der Waals surface area contributed by atoms with Crippen molar-refractivity contribution in [2.75, 3.05) is 6.54 Å². The molecule has 0 radical (unpaired) electrons. The predicted molar refractivity (Wildman–Crippen MR) is 73.6 cm³/mol. The van der Waals surface area contributed by atoms with Gasteiger partial charge >= 0.3 is 0 Å². The van der Waals surface area contributed by atoms with Crippen LogP contribution in [0.1, 0.15) is 12.7 Å². The van der Waals surface area contributed by atoms with Gasteiger partial charge in [0.15, 0.2) is 0 Å². The Balaban J connectivity index is 2.18. The Bertz CT molecular complexity index is 493. The van der Waals surface area contributed by atoms with Gasteiger partial charge in [0.2, 0.25) is 0 Å². The predicted octanol–water partition coefficient (Wildman–Crippen LogP) is 2.98. The Kier molecular flexibility index (Phi) is 3.97. The van der Waals surface area contributed by atoms with E-state index in [1.165, 1.54) is 0 Å². The van der Waals surface area contributed by atoms with Crippen LogP contribution in [0.3, 0.4) is 0 Å². The lowest BCUT2D eigenvalue weighted by Crippen LogP contribution is -2.13. The van der Waals surface area contributed by atoms with Crippen LogP contribution < -0.4 is 5.73 Å². The van der Waals surface area contributed by atoms with Gasteiger partial charge in [-0.1, -0.05) is 35.0 Å². The second-order valence-corrected chi connectivity index (χ2v) is 5.21. The lowest BCUT2D eigenvalue weighted by molar-refractivity contribution is 0.577. The van der Waals surface area contributed by atoms with Gasteiger partial charge in [-0.3, -0.25) is 0 Å². The first-order valence-electron chi connectivity index (χ1n) is 5.69. The molecule has 0 fully saturated rings. The number of nitrogens with one attached hydrogen (secondary N) is 1. The van der Waals surface area contributed by atoms with Crippen molar-refractivity contribution in [3.63, 3.8) is 0 Å². The van der Waals surface area contributed by atoms with Crippen molar-refractivity contribution in [2.24, 2.45) is 11.7 Å². The fraction of sp³-hybridized carbons (Fsp3) is 0.308. The normalized spacial score (nSPS) is 12.6. The van der Waals surface area contributed by atoms with Gasteiger partial charge in [0.1, 0.15) is 5.82 Å². The standard InChI is InChI=1S/C13H16BrN3/c1-9(7-15)5-13-16-8-12(17-13)10-3-2-4-11(14)6-10/h2-4,6,8-9H,5,7,15H2,1H3,(H,16,17). The Morgan fingerprint density at radius 1 is 1.47 bits per heavy atom. The van der Waals surface area contributed by atoms with Gasteiger partial charge in [-0.25, -0.2) is 4.98 Å². The maximum absolute atomic E-state index is 5.61. The second-order valence-electron chi connectivity index (χ2n) is 4.30. The molecular formula is C13H16BrN3. The zero-order valence-electron chi connectivity index (χ0n) is 9.78. The highest BCUT2D eigenvalue weighted by Gasteiger charge is 2.06. The molecule has 0 saturated carbocycles. The third-order valence-electron chi connectivity index (χ3n) is 2.71. The molecule has 0 saturated heterocycles. The summed E-state index contributed by atoms with van der Waals surface area (Å²) in [7, 11) is 0. The van der Waals surface area contributed by atoms with Crippen molar-refractivity contribution in [3.05, 3.63) is 40.8 Å². The zero-order valence-corrected chi connectivity index (χ0v) is 11.4. The van der Waals surface area contributed by atoms with E-state index < -0.39 is 0 Å². The summed E-state index contributed by atoms with van der Waals surface area (Å²) in [5.74, 6) is 1.45. The Morgan fingerprint density at radius 3 is 3.00 bits per heavy atom. The quantitative estimate of drug-likeness (QED) is 0.911. The first-order valence-corrected chi connectivity index (χ1v) is 6.48. The van der Waals surface area contributed by atoms with E-state index in [1.807, 2.05) is 18.3 Å². The van der Waals surface area contributed by atoms with Crippen LogP contribution in [-0.2, 0) is 6.42 Å². The monoisotopic (exact) mass is 293 g/mol. The van der Waals surface area contributed by atoms with Crippen LogP contribution in [-0.4, -0.2) is 16.5 Å². The van der Waals surface area contributed by atoms with Crippen LogP contribution in [0.25, 0.3) is 11.3 Å². The van der Waals surface area contributed by atoms with E-state index in [1.54, 1.807) is 0 Å². The number of nitrogens with two attached hydrogens (primary N) is 1. The van der Waals surface area contributed by atoms with Gasteiger partial charge in [0, 0.05) is 16.5 Å². The van der Waals surface area contributed by atoms with Crippen molar-refractivity contribution in [2.45, 2.75) is 13.3 Å². The van der Waals surface area contributed by atoms with Gasteiger partial charge in [-0.05, 0) is 24.6 Å². The Morgan fingerprint density at radius 2 is 2.29 bits per heavy atom. The molecule has 1 aromatic heterocycles. The van der Waals surface area contributed by atoms with Crippen LogP contribution in [0.4, 0.5) is 0 Å². The number of aromatic nitrogens is 2. The SMILES string of the molecule is CC(CN)Cc1ncc(-c2cccc(Br)c2)[nH]1. The molecule has 1 unspecified atom stereocenters.